The molecule has 4 nitrogen and oxygen atoms in total. The molecule has 88 valence electrons. The van der Waals surface area contributed by atoms with Gasteiger partial charge < -0.3 is 14.5 Å². The summed E-state index contributed by atoms with van der Waals surface area (Å²) in [5, 5.41) is 2.82. The Bertz CT molecular complexity index is 315. The Kier molecular flexibility index (Phi) is 3.99. The highest BCUT2D eigenvalue weighted by Gasteiger charge is 2.16. The van der Waals surface area contributed by atoms with Crippen molar-refractivity contribution in [2.45, 2.75) is 38.3 Å². The number of nitrogens with one attached hydrogen (secondary N) is 1. The van der Waals surface area contributed by atoms with E-state index in [1.54, 1.807) is 6.26 Å². The van der Waals surface area contributed by atoms with Gasteiger partial charge in [0.15, 0.2) is 0 Å². The number of rotatable bonds is 5. The van der Waals surface area contributed by atoms with E-state index >= 15 is 0 Å². The predicted octanol–water partition coefficient (Wildman–Crippen LogP) is 1.85. The quantitative estimate of drug-likeness (QED) is 0.828. The zero-order chi connectivity index (χ0) is 11.2. The molecule has 1 aromatic rings. The van der Waals surface area contributed by atoms with Crippen LogP contribution in [-0.2, 0) is 16.1 Å². The third-order valence-corrected chi connectivity index (χ3v) is 2.76. The standard InChI is InChI=1S/C12H17NO3/c14-12(6-5-10-3-1-7-15-10)13-9-11-4-2-8-16-11/h2,4,8,10H,1,3,5-7,9H2,(H,13,14)/t10-/m0/s1. The second kappa shape index (κ2) is 5.70. The average molecular weight is 223 g/mol. The first-order chi connectivity index (χ1) is 7.84. The smallest absolute Gasteiger partial charge is 0.220 e. The Morgan fingerprint density at radius 2 is 2.50 bits per heavy atom. The Labute approximate surface area is 95.0 Å². The largest absolute Gasteiger partial charge is 0.467 e. The first kappa shape index (κ1) is 11.2. The van der Waals surface area contributed by atoms with E-state index in [0.717, 1.165) is 31.6 Å². The highest BCUT2D eigenvalue weighted by molar-refractivity contribution is 5.75. The molecule has 1 aliphatic heterocycles. The summed E-state index contributed by atoms with van der Waals surface area (Å²) in [4.78, 5) is 11.5. The van der Waals surface area contributed by atoms with E-state index in [1.807, 2.05) is 12.1 Å². The monoisotopic (exact) mass is 223 g/mol. The molecule has 1 fully saturated rings. The number of carbonyl (C=O) groups excluding carboxylic acids is 1. The summed E-state index contributed by atoms with van der Waals surface area (Å²) in [6.45, 7) is 1.32. The molecule has 0 saturated carbocycles. The van der Waals surface area contributed by atoms with Crippen LogP contribution in [0.25, 0.3) is 0 Å². The van der Waals surface area contributed by atoms with Crippen molar-refractivity contribution >= 4 is 5.91 Å². The molecular formula is C12H17NO3. The first-order valence-corrected chi connectivity index (χ1v) is 5.75. The molecule has 1 aliphatic rings. The van der Waals surface area contributed by atoms with Gasteiger partial charge in [0.05, 0.1) is 18.9 Å². The lowest BCUT2D eigenvalue weighted by molar-refractivity contribution is -0.121. The maximum atomic E-state index is 11.5. The van der Waals surface area contributed by atoms with Gasteiger partial charge in [-0.1, -0.05) is 0 Å². The number of furan rings is 1. The van der Waals surface area contributed by atoms with Crippen LogP contribution < -0.4 is 5.32 Å². The van der Waals surface area contributed by atoms with Crippen LogP contribution in [0.5, 0.6) is 0 Å². The zero-order valence-electron chi connectivity index (χ0n) is 9.28. The van der Waals surface area contributed by atoms with Gasteiger partial charge in [0.2, 0.25) is 5.91 Å². The predicted molar refractivity (Wildman–Crippen MR) is 58.8 cm³/mol. The Morgan fingerprint density at radius 1 is 1.56 bits per heavy atom. The molecule has 0 radical (unpaired) electrons. The summed E-state index contributed by atoms with van der Waals surface area (Å²) < 4.78 is 10.6. The lowest BCUT2D eigenvalue weighted by Gasteiger charge is -2.08. The van der Waals surface area contributed by atoms with Gasteiger partial charge in [-0.3, -0.25) is 4.79 Å². The SMILES string of the molecule is O=C(CC[C@@H]1CCCO1)NCc1ccco1. The second-order valence-electron chi connectivity index (χ2n) is 4.03. The highest BCUT2D eigenvalue weighted by atomic mass is 16.5. The minimum atomic E-state index is 0.0619. The molecule has 4 heteroatoms. The van der Waals surface area contributed by atoms with E-state index in [0.29, 0.717) is 13.0 Å². The van der Waals surface area contributed by atoms with Crippen molar-refractivity contribution in [3.05, 3.63) is 24.2 Å². The van der Waals surface area contributed by atoms with Crippen molar-refractivity contribution in [3.63, 3.8) is 0 Å². The molecule has 1 N–H and O–H groups in total. The fraction of sp³-hybridized carbons (Fsp3) is 0.583. The summed E-state index contributed by atoms with van der Waals surface area (Å²) in [6, 6.07) is 3.66. The summed E-state index contributed by atoms with van der Waals surface area (Å²) in [5.41, 5.74) is 0. The molecule has 2 heterocycles. The molecule has 1 amide bonds. The lowest BCUT2D eigenvalue weighted by atomic mass is 10.1. The Morgan fingerprint density at radius 3 is 3.19 bits per heavy atom. The Balaban J connectivity index is 1.60. The van der Waals surface area contributed by atoms with Crippen LogP contribution in [0.1, 0.15) is 31.4 Å². The third-order valence-electron chi connectivity index (χ3n) is 2.76. The van der Waals surface area contributed by atoms with E-state index in [2.05, 4.69) is 5.32 Å². The van der Waals surface area contributed by atoms with Crippen molar-refractivity contribution in [2.75, 3.05) is 6.61 Å². The minimum absolute atomic E-state index is 0.0619. The van der Waals surface area contributed by atoms with Crippen molar-refractivity contribution in [2.24, 2.45) is 0 Å². The van der Waals surface area contributed by atoms with Gasteiger partial charge in [-0.2, -0.15) is 0 Å². The normalized spacial score (nSPS) is 19.9. The summed E-state index contributed by atoms with van der Waals surface area (Å²) in [6.07, 6.45) is 5.46. The summed E-state index contributed by atoms with van der Waals surface area (Å²) in [5.74, 6) is 0.845. The van der Waals surface area contributed by atoms with Crippen LogP contribution in [-0.4, -0.2) is 18.6 Å². The molecule has 0 aromatic carbocycles. The van der Waals surface area contributed by atoms with Crippen molar-refractivity contribution in [1.82, 2.24) is 5.32 Å². The van der Waals surface area contributed by atoms with Crippen LogP contribution in [0, 0.1) is 0 Å². The van der Waals surface area contributed by atoms with Gasteiger partial charge >= 0.3 is 0 Å². The molecule has 1 saturated heterocycles. The lowest BCUT2D eigenvalue weighted by Crippen LogP contribution is -2.23. The first-order valence-electron chi connectivity index (χ1n) is 5.75. The molecule has 2 rings (SSSR count). The number of amides is 1. The summed E-state index contributed by atoms with van der Waals surface area (Å²) in [7, 11) is 0. The molecule has 1 aromatic heterocycles. The van der Waals surface area contributed by atoms with Gasteiger partial charge in [-0.05, 0) is 31.4 Å². The van der Waals surface area contributed by atoms with E-state index in [1.165, 1.54) is 0 Å². The average Bonchev–Trinajstić information content (AvgIpc) is 2.96. The van der Waals surface area contributed by atoms with Crippen LogP contribution in [0.2, 0.25) is 0 Å². The van der Waals surface area contributed by atoms with E-state index in [-0.39, 0.29) is 12.0 Å². The van der Waals surface area contributed by atoms with Crippen molar-refractivity contribution < 1.29 is 13.9 Å². The maximum absolute atomic E-state index is 11.5. The maximum Gasteiger partial charge on any atom is 0.220 e. The molecule has 0 unspecified atom stereocenters. The molecule has 0 bridgehead atoms. The molecule has 1 atom stereocenters. The number of hydrogen-bond acceptors (Lipinski definition) is 3. The van der Waals surface area contributed by atoms with E-state index in [4.69, 9.17) is 9.15 Å². The van der Waals surface area contributed by atoms with E-state index in [9.17, 15) is 4.79 Å². The topological polar surface area (TPSA) is 51.5 Å². The number of carbonyl (C=O) groups is 1. The second-order valence-corrected chi connectivity index (χ2v) is 4.03. The highest BCUT2D eigenvalue weighted by Crippen LogP contribution is 2.16. The third kappa shape index (κ3) is 3.38. The fourth-order valence-electron chi connectivity index (χ4n) is 1.85. The van der Waals surface area contributed by atoms with Crippen LogP contribution in [0.3, 0.4) is 0 Å². The molecule has 16 heavy (non-hydrogen) atoms. The van der Waals surface area contributed by atoms with Crippen molar-refractivity contribution in [3.8, 4) is 0 Å². The molecule has 0 aliphatic carbocycles. The molecular weight excluding hydrogens is 206 g/mol. The number of hydrogen-bond donors (Lipinski definition) is 1. The van der Waals surface area contributed by atoms with Gasteiger partial charge in [-0.25, -0.2) is 0 Å². The van der Waals surface area contributed by atoms with E-state index < -0.39 is 0 Å². The minimum Gasteiger partial charge on any atom is -0.467 e. The van der Waals surface area contributed by atoms with Crippen LogP contribution in [0.15, 0.2) is 22.8 Å². The van der Waals surface area contributed by atoms with Crippen LogP contribution >= 0.6 is 0 Å². The number of ether oxygens (including phenoxy) is 1. The van der Waals surface area contributed by atoms with Gasteiger partial charge in [-0.15, -0.1) is 0 Å². The van der Waals surface area contributed by atoms with Crippen molar-refractivity contribution in [1.29, 1.82) is 0 Å². The zero-order valence-corrected chi connectivity index (χ0v) is 9.28. The van der Waals surface area contributed by atoms with Gasteiger partial charge in [0.25, 0.3) is 0 Å². The summed E-state index contributed by atoms with van der Waals surface area (Å²) >= 11 is 0. The fourth-order valence-corrected chi connectivity index (χ4v) is 1.85. The van der Waals surface area contributed by atoms with Gasteiger partial charge in [0, 0.05) is 13.0 Å². The van der Waals surface area contributed by atoms with Gasteiger partial charge in [0.1, 0.15) is 5.76 Å². The Hall–Kier alpha value is -1.29. The van der Waals surface area contributed by atoms with Crippen LogP contribution in [0.4, 0.5) is 0 Å². The molecule has 0 spiro atoms.